The van der Waals surface area contributed by atoms with E-state index in [1.165, 1.54) is 0 Å². The molecule has 10 heteroatoms. The third-order valence-corrected chi connectivity index (χ3v) is 3.73. The maximum absolute atomic E-state index is 12.3. The van der Waals surface area contributed by atoms with Gasteiger partial charge in [-0.2, -0.15) is 23.1 Å². The highest BCUT2D eigenvalue weighted by atomic mass is 35.5. The summed E-state index contributed by atoms with van der Waals surface area (Å²) in [4.78, 5) is 12.3. The fraction of sp³-hybridized carbons (Fsp3) is 0.615. The molecule has 1 fully saturated rings. The molecule has 3 rings (SSSR count). The van der Waals surface area contributed by atoms with Gasteiger partial charge in [0, 0.05) is 13.2 Å². The summed E-state index contributed by atoms with van der Waals surface area (Å²) in [5.41, 5.74) is 0.831. The number of nitrogens with one attached hydrogen (secondary N) is 1. The van der Waals surface area contributed by atoms with Crippen LogP contribution >= 0.6 is 11.6 Å². The SMILES string of the molecule is FC(F)(F)CCNc1nc(Cl)nc2c1ncn2C1CCCCO1. The van der Waals surface area contributed by atoms with Crippen molar-refractivity contribution in [3.63, 3.8) is 0 Å². The quantitative estimate of drug-likeness (QED) is 0.855. The van der Waals surface area contributed by atoms with Crippen LogP contribution in [0.1, 0.15) is 31.9 Å². The molecule has 1 N–H and O–H groups in total. The van der Waals surface area contributed by atoms with Gasteiger partial charge in [0.25, 0.3) is 0 Å². The van der Waals surface area contributed by atoms with Crippen LogP contribution in [-0.2, 0) is 4.74 Å². The van der Waals surface area contributed by atoms with Crippen LogP contribution in [0.4, 0.5) is 19.0 Å². The van der Waals surface area contributed by atoms with Crippen LogP contribution in [0.5, 0.6) is 0 Å². The van der Waals surface area contributed by atoms with E-state index in [2.05, 4.69) is 20.3 Å². The summed E-state index contributed by atoms with van der Waals surface area (Å²) < 4.78 is 44.2. The first kappa shape index (κ1) is 16.3. The molecule has 1 saturated heterocycles. The molecule has 6 nitrogen and oxygen atoms in total. The van der Waals surface area contributed by atoms with E-state index in [0.29, 0.717) is 17.8 Å². The van der Waals surface area contributed by atoms with Crippen LogP contribution in [0.25, 0.3) is 11.2 Å². The molecule has 1 unspecified atom stereocenters. The fourth-order valence-electron chi connectivity index (χ4n) is 2.49. The minimum absolute atomic E-state index is 0.0513. The molecule has 23 heavy (non-hydrogen) atoms. The monoisotopic (exact) mass is 349 g/mol. The fourth-order valence-corrected chi connectivity index (χ4v) is 2.65. The topological polar surface area (TPSA) is 64.9 Å². The molecule has 1 atom stereocenters. The Balaban J connectivity index is 1.86. The minimum Gasteiger partial charge on any atom is -0.368 e. The Bertz CT molecular complexity index is 684. The summed E-state index contributed by atoms with van der Waals surface area (Å²) >= 11 is 5.89. The number of anilines is 1. The van der Waals surface area contributed by atoms with Gasteiger partial charge in [0.15, 0.2) is 17.0 Å². The van der Waals surface area contributed by atoms with Gasteiger partial charge in [-0.25, -0.2) is 4.98 Å². The van der Waals surface area contributed by atoms with Crippen molar-refractivity contribution < 1.29 is 17.9 Å². The summed E-state index contributed by atoms with van der Waals surface area (Å²) in [7, 11) is 0. The van der Waals surface area contributed by atoms with Gasteiger partial charge in [-0.3, -0.25) is 4.57 Å². The van der Waals surface area contributed by atoms with Crippen molar-refractivity contribution in [2.24, 2.45) is 0 Å². The van der Waals surface area contributed by atoms with Crippen molar-refractivity contribution in [1.29, 1.82) is 0 Å². The van der Waals surface area contributed by atoms with Gasteiger partial charge in [0.05, 0.1) is 12.7 Å². The van der Waals surface area contributed by atoms with E-state index in [4.69, 9.17) is 16.3 Å². The highest BCUT2D eigenvalue weighted by molar-refractivity contribution is 6.28. The molecule has 0 bridgehead atoms. The first-order chi connectivity index (χ1) is 10.9. The van der Waals surface area contributed by atoms with Gasteiger partial charge in [-0.05, 0) is 30.9 Å². The first-order valence-corrected chi connectivity index (χ1v) is 7.64. The number of halogens is 4. The Hall–Kier alpha value is -1.61. The van der Waals surface area contributed by atoms with Gasteiger partial charge in [-0.15, -0.1) is 0 Å². The lowest BCUT2D eigenvalue weighted by Gasteiger charge is -2.23. The first-order valence-electron chi connectivity index (χ1n) is 7.26. The predicted molar refractivity (Wildman–Crippen MR) is 78.3 cm³/mol. The molecule has 0 saturated carbocycles. The highest BCUT2D eigenvalue weighted by Crippen LogP contribution is 2.28. The third kappa shape index (κ3) is 3.84. The Morgan fingerprint density at radius 2 is 2.17 bits per heavy atom. The zero-order chi connectivity index (χ0) is 16.4. The van der Waals surface area contributed by atoms with Gasteiger partial charge < -0.3 is 10.1 Å². The summed E-state index contributed by atoms with van der Waals surface area (Å²) in [6, 6.07) is 0. The van der Waals surface area contributed by atoms with Crippen LogP contribution in [-0.4, -0.2) is 38.8 Å². The highest BCUT2D eigenvalue weighted by Gasteiger charge is 2.27. The third-order valence-electron chi connectivity index (χ3n) is 3.56. The number of hydrogen-bond donors (Lipinski definition) is 1. The molecule has 2 aromatic rings. The van der Waals surface area contributed by atoms with E-state index in [1.54, 1.807) is 10.9 Å². The minimum atomic E-state index is -4.24. The smallest absolute Gasteiger partial charge is 0.368 e. The van der Waals surface area contributed by atoms with E-state index < -0.39 is 12.6 Å². The standard InChI is InChI=1S/C13H15ClF3N5O/c14-12-20-10(18-5-4-13(15,16)17)9-11(21-12)22(7-19-9)8-3-1-2-6-23-8/h7-8H,1-6H2,(H,18,20,21). The zero-order valence-corrected chi connectivity index (χ0v) is 12.9. The largest absolute Gasteiger partial charge is 0.390 e. The van der Waals surface area contributed by atoms with Crippen LogP contribution in [0.3, 0.4) is 0 Å². The van der Waals surface area contributed by atoms with Crippen molar-refractivity contribution in [3.05, 3.63) is 11.6 Å². The van der Waals surface area contributed by atoms with Gasteiger partial charge in [0.1, 0.15) is 6.23 Å². The Morgan fingerprint density at radius 1 is 1.35 bits per heavy atom. The van der Waals surface area contributed by atoms with Crippen molar-refractivity contribution in [2.45, 2.75) is 38.1 Å². The van der Waals surface area contributed by atoms with Crippen molar-refractivity contribution >= 4 is 28.6 Å². The van der Waals surface area contributed by atoms with E-state index >= 15 is 0 Å². The lowest BCUT2D eigenvalue weighted by molar-refractivity contribution is -0.131. The number of ether oxygens (including phenoxy) is 1. The normalized spacial score (nSPS) is 19.2. The molecule has 0 aliphatic carbocycles. The van der Waals surface area contributed by atoms with Crippen molar-refractivity contribution in [1.82, 2.24) is 19.5 Å². The number of fused-ring (bicyclic) bond motifs is 1. The molecular weight excluding hydrogens is 335 g/mol. The average molecular weight is 350 g/mol. The molecule has 2 aromatic heterocycles. The molecule has 0 amide bonds. The molecule has 0 aromatic carbocycles. The summed E-state index contributed by atoms with van der Waals surface area (Å²) in [6.45, 7) is 0.346. The Kier molecular flexibility index (Phi) is 4.58. The molecule has 3 heterocycles. The van der Waals surface area contributed by atoms with E-state index in [1.807, 2.05) is 0 Å². The summed E-state index contributed by atoms with van der Waals surface area (Å²) in [5.74, 6) is 0.193. The Morgan fingerprint density at radius 3 is 2.87 bits per heavy atom. The van der Waals surface area contributed by atoms with Crippen LogP contribution in [0.15, 0.2) is 6.33 Å². The maximum atomic E-state index is 12.3. The average Bonchev–Trinajstić information content (AvgIpc) is 2.90. The number of nitrogens with zero attached hydrogens (tertiary/aromatic N) is 4. The molecule has 0 radical (unpaired) electrons. The lowest BCUT2D eigenvalue weighted by Crippen LogP contribution is -2.18. The molecule has 1 aliphatic rings. The maximum Gasteiger partial charge on any atom is 0.390 e. The number of alkyl halides is 3. The number of imidazole rings is 1. The summed E-state index contributed by atoms with van der Waals surface area (Å²) in [6.07, 6.45) is -0.989. The molecule has 0 spiro atoms. The molecule has 1 aliphatic heterocycles. The number of rotatable bonds is 4. The van der Waals surface area contributed by atoms with Crippen molar-refractivity contribution in [3.8, 4) is 0 Å². The van der Waals surface area contributed by atoms with E-state index in [-0.39, 0.29) is 23.9 Å². The number of hydrogen-bond acceptors (Lipinski definition) is 5. The second kappa shape index (κ2) is 6.48. The van der Waals surface area contributed by atoms with Crippen LogP contribution in [0, 0.1) is 0 Å². The second-order valence-electron chi connectivity index (χ2n) is 5.28. The Labute approximate surface area is 135 Å². The van der Waals surface area contributed by atoms with Gasteiger partial charge >= 0.3 is 6.18 Å². The van der Waals surface area contributed by atoms with Crippen LogP contribution in [0.2, 0.25) is 5.28 Å². The van der Waals surface area contributed by atoms with Gasteiger partial charge in [0.2, 0.25) is 5.28 Å². The van der Waals surface area contributed by atoms with Crippen molar-refractivity contribution in [2.75, 3.05) is 18.5 Å². The van der Waals surface area contributed by atoms with E-state index in [9.17, 15) is 13.2 Å². The van der Waals surface area contributed by atoms with Crippen LogP contribution < -0.4 is 5.32 Å². The second-order valence-corrected chi connectivity index (χ2v) is 5.62. The molecular formula is C13H15ClF3N5O. The van der Waals surface area contributed by atoms with E-state index in [0.717, 1.165) is 19.3 Å². The zero-order valence-electron chi connectivity index (χ0n) is 12.1. The lowest BCUT2D eigenvalue weighted by atomic mass is 10.2. The summed E-state index contributed by atoms with van der Waals surface area (Å²) in [5, 5.41) is 2.58. The van der Waals surface area contributed by atoms with Gasteiger partial charge in [-0.1, -0.05) is 0 Å². The number of aromatic nitrogens is 4. The predicted octanol–water partition coefficient (Wildman–Crippen LogP) is 3.54. The molecule has 126 valence electrons.